The first-order valence-electron chi connectivity index (χ1n) is 6.86. The molecule has 0 bridgehead atoms. The van der Waals surface area contributed by atoms with Gasteiger partial charge in [-0.05, 0) is 42.9 Å². The van der Waals surface area contributed by atoms with Crippen molar-refractivity contribution in [2.24, 2.45) is 17.1 Å². The van der Waals surface area contributed by atoms with Crippen molar-refractivity contribution >= 4 is 0 Å². The molecule has 1 heterocycles. The highest BCUT2D eigenvalue weighted by atomic mass is 16.5. The number of hydrogen-bond donors (Lipinski definition) is 1. The van der Waals surface area contributed by atoms with E-state index in [4.69, 9.17) is 10.5 Å². The van der Waals surface area contributed by atoms with Crippen LogP contribution in [-0.4, -0.2) is 12.6 Å². The molecule has 2 unspecified atom stereocenters. The zero-order chi connectivity index (χ0) is 13.3. The van der Waals surface area contributed by atoms with Crippen molar-refractivity contribution in [2.75, 3.05) is 6.54 Å². The molecule has 1 aromatic rings. The van der Waals surface area contributed by atoms with E-state index in [0.717, 1.165) is 25.1 Å². The summed E-state index contributed by atoms with van der Waals surface area (Å²) < 4.78 is 6.03. The predicted molar refractivity (Wildman–Crippen MR) is 75.9 cm³/mol. The van der Waals surface area contributed by atoms with Gasteiger partial charge in [0.15, 0.2) is 0 Å². The van der Waals surface area contributed by atoms with Gasteiger partial charge in [-0.25, -0.2) is 0 Å². The van der Waals surface area contributed by atoms with Gasteiger partial charge in [-0.2, -0.15) is 0 Å². The normalized spacial score (nSPS) is 20.4. The van der Waals surface area contributed by atoms with Crippen LogP contribution in [0.4, 0.5) is 0 Å². The molecular formula is C16H25NO. The highest BCUT2D eigenvalue weighted by Crippen LogP contribution is 2.35. The van der Waals surface area contributed by atoms with Crippen LogP contribution in [-0.2, 0) is 6.42 Å². The Morgan fingerprint density at radius 1 is 1.39 bits per heavy atom. The van der Waals surface area contributed by atoms with E-state index >= 15 is 0 Å². The summed E-state index contributed by atoms with van der Waals surface area (Å²) in [7, 11) is 0. The van der Waals surface area contributed by atoms with Crippen molar-refractivity contribution in [3.63, 3.8) is 0 Å². The summed E-state index contributed by atoms with van der Waals surface area (Å²) in [6.07, 6.45) is 2.38. The molecule has 1 aliphatic heterocycles. The number of nitrogens with two attached hydrogens (primary N) is 1. The van der Waals surface area contributed by atoms with Crippen LogP contribution in [0.15, 0.2) is 18.2 Å². The summed E-state index contributed by atoms with van der Waals surface area (Å²) in [5.74, 6) is 1.58. The smallest absolute Gasteiger partial charge is 0.123 e. The lowest BCUT2D eigenvalue weighted by Gasteiger charge is -2.31. The van der Waals surface area contributed by atoms with Gasteiger partial charge < -0.3 is 10.5 Å². The zero-order valence-corrected chi connectivity index (χ0v) is 12.0. The summed E-state index contributed by atoms with van der Waals surface area (Å²) in [4.78, 5) is 0. The number of fused-ring (bicyclic) bond motifs is 1. The fraction of sp³-hybridized carbons (Fsp3) is 0.625. The maximum absolute atomic E-state index is 6.03. The average molecular weight is 247 g/mol. The Hall–Kier alpha value is -1.02. The van der Waals surface area contributed by atoms with Gasteiger partial charge in [-0.1, -0.05) is 38.5 Å². The van der Waals surface area contributed by atoms with Crippen LogP contribution in [0.25, 0.3) is 0 Å². The molecule has 2 heteroatoms. The average Bonchev–Trinajstić information content (AvgIpc) is 2.65. The molecule has 18 heavy (non-hydrogen) atoms. The van der Waals surface area contributed by atoms with Crippen LogP contribution in [0.1, 0.15) is 38.3 Å². The van der Waals surface area contributed by atoms with Gasteiger partial charge in [-0.3, -0.25) is 0 Å². The fourth-order valence-electron chi connectivity index (χ4n) is 2.70. The van der Waals surface area contributed by atoms with E-state index in [1.165, 1.54) is 11.1 Å². The van der Waals surface area contributed by atoms with Crippen LogP contribution in [0.3, 0.4) is 0 Å². The van der Waals surface area contributed by atoms with Crippen LogP contribution in [0, 0.1) is 18.3 Å². The Kier molecular flexibility index (Phi) is 3.67. The topological polar surface area (TPSA) is 35.2 Å². The van der Waals surface area contributed by atoms with Crippen molar-refractivity contribution in [3.8, 4) is 5.75 Å². The van der Waals surface area contributed by atoms with E-state index in [0.29, 0.717) is 12.0 Å². The number of aryl methyl sites for hydroxylation is 1. The monoisotopic (exact) mass is 247 g/mol. The van der Waals surface area contributed by atoms with E-state index < -0.39 is 0 Å². The van der Waals surface area contributed by atoms with Gasteiger partial charge in [0.1, 0.15) is 11.9 Å². The van der Waals surface area contributed by atoms with Gasteiger partial charge in [0.05, 0.1) is 0 Å². The van der Waals surface area contributed by atoms with Crippen molar-refractivity contribution in [3.05, 3.63) is 29.3 Å². The summed E-state index contributed by atoms with van der Waals surface area (Å²) in [6, 6.07) is 6.45. The Balaban J connectivity index is 2.03. The number of ether oxygens (including phenoxy) is 1. The van der Waals surface area contributed by atoms with Gasteiger partial charge in [0.25, 0.3) is 0 Å². The fourth-order valence-corrected chi connectivity index (χ4v) is 2.70. The van der Waals surface area contributed by atoms with Crippen LogP contribution in [0.2, 0.25) is 0 Å². The number of benzene rings is 1. The highest BCUT2D eigenvalue weighted by molar-refractivity contribution is 5.40. The maximum Gasteiger partial charge on any atom is 0.123 e. The lowest BCUT2D eigenvalue weighted by Crippen LogP contribution is -2.32. The Morgan fingerprint density at radius 2 is 2.11 bits per heavy atom. The quantitative estimate of drug-likeness (QED) is 0.889. The molecule has 0 amide bonds. The van der Waals surface area contributed by atoms with Crippen molar-refractivity contribution < 1.29 is 4.74 Å². The molecule has 1 aromatic carbocycles. The van der Waals surface area contributed by atoms with Crippen molar-refractivity contribution in [1.29, 1.82) is 0 Å². The second-order valence-corrected chi connectivity index (χ2v) is 6.59. The predicted octanol–water partition coefficient (Wildman–Crippen LogP) is 3.31. The summed E-state index contributed by atoms with van der Waals surface area (Å²) in [5.41, 5.74) is 8.82. The summed E-state index contributed by atoms with van der Waals surface area (Å²) >= 11 is 0. The first kappa shape index (κ1) is 13.4. The lowest BCUT2D eigenvalue weighted by atomic mass is 9.77. The van der Waals surface area contributed by atoms with E-state index in [9.17, 15) is 0 Å². The molecule has 2 atom stereocenters. The minimum absolute atomic E-state index is 0.253. The Labute approximate surface area is 111 Å². The first-order chi connectivity index (χ1) is 8.40. The molecule has 0 saturated heterocycles. The Morgan fingerprint density at radius 3 is 2.72 bits per heavy atom. The minimum Gasteiger partial charge on any atom is -0.490 e. The highest BCUT2D eigenvalue weighted by Gasteiger charge is 2.30. The van der Waals surface area contributed by atoms with E-state index in [-0.39, 0.29) is 5.41 Å². The van der Waals surface area contributed by atoms with Crippen molar-refractivity contribution in [2.45, 2.75) is 46.6 Å². The summed E-state index contributed by atoms with van der Waals surface area (Å²) in [6.45, 7) is 9.65. The van der Waals surface area contributed by atoms with E-state index in [1.54, 1.807) is 0 Å². The van der Waals surface area contributed by atoms with Gasteiger partial charge >= 0.3 is 0 Å². The Bertz CT molecular complexity index is 420. The molecule has 2 rings (SSSR count). The molecular weight excluding hydrogens is 222 g/mol. The van der Waals surface area contributed by atoms with Gasteiger partial charge in [0.2, 0.25) is 0 Å². The molecule has 1 aliphatic rings. The largest absolute Gasteiger partial charge is 0.490 e. The molecule has 0 aliphatic carbocycles. The third-order valence-corrected chi connectivity index (χ3v) is 4.01. The third kappa shape index (κ3) is 2.86. The third-order valence-electron chi connectivity index (χ3n) is 4.01. The van der Waals surface area contributed by atoms with Gasteiger partial charge in [-0.15, -0.1) is 0 Å². The summed E-state index contributed by atoms with van der Waals surface area (Å²) in [5, 5.41) is 0. The van der Waals surface area contributed by atoms with Crippen molar-refractivity contribution in [1.82, 2.24) is 0 Å². The molecule has 0 spiro atoms. The lowest BCUT2D eigenvalue weighted by molar-refractivity contribution is 0.140. The van der Waals surface area contributed by atoms with Crippen LogP contribution >= 0.6 is 0 Å². The molecule has 0 saturated carbocycles. The standard InChI is InChI=1S/C16H25NO/c1-11-5-6-15-12(7-11)8-14(18-15)9-13(10-17)16(2,3)4/h5-7,13-14H,8-10,17H2,1-4H3. The molecule has 2 nitrogen and oxygen atoms in total. The molecule has 0 radical (unpaired) electrons. The maximum atomic E-state index is 6.03. The van der Waals surface area contributed by atoms with Crippen LogP contribution in [0.5, 0.6) is 5.75 Å². The molecule has 0 aromatic heterocycles. The molecule has 0 fully saturated rings. The van der Waals surface area contributed by atoms with Crippen LogP contribution < -0.4 is 10.5 Å². The molecule has 100 valence electrons. The number of rotatable bonds is 3. The van der Waals surface area contributed by atoms with E-state index in [1.807, 2.05) is 0 Å². The SMILES string of the molecule is Cc1ccc2c(c1)CC(CC(CN)C(C)(C)C)O2. The first-order valence-corrected chi connectivity index (χ1v) is 6.86. The minimum atomic E-state index is 0.253. The number of hydrogen-bond acceptors (Lipinski definition) is 2. The van der Waals surface area contributed by atoms with Gasteiger partial charge in [0, 0.05) is 6.42 Å². The zero-order valence-electron chi connectivity index (χ0n) is 12.0. The van der Waals surface area contributed by atoms with E-state index in [2.05, 4.69) is 45.9 Å². The molecule has 2 N–H and O–H groups in total. The second-order valence-electron chi connectivity index (χ2n) is 6.59. The second kappa shape index (κ2) is 4.93.